The highest BCUT2D eigenvalue weighted by Crippen LogP contribution is 2.34. The monoisotopic (exact) mass is 358 g/mol. The van der Waals surface area contributed by atoms with E-state index < -0.39 is 4.92 Å². The number of pyridine rings is 1. The van der Waals surface area contributed by atoms with Gasteiger partial charge in [0.2, 0.25) is 5.75 Å². The molecule has 0 bridgehead atoms. The van der Waals surface area contributed by atoms with Crippen molar-refractivity contribution >= 4 is 17.7 Å². The standard InChI is InChI=1S/C18H22N4O4/c1-3-9-25-16-12-17(26-10-4-2)15(22(23)24)11-14(16)13-20-21-18-7-5-6-8-19-18/h5-8,11-13H,3-4,9-10H2,1-2H3,(H,19,21). The summed E-state index contributed by atoms with van der Waals surface area (Å²) in [5.74, 6) is 1.24. The average molecular weight is 358 g/mol. The molecule has 26 heavy (non-hydrogen) atoms. The van der Waals surface area contributed by atoms with Gasteiger partial charge in [-0.15, -0.1) is 0 Å². The van der Waals surface area contributed by atoms with Gasteiger partial charge in [0, 0.05) is 23.9 Å². The van der Waals surface area contributed by atoms with E-state index >= 15 is 0 Å². The molecule has 0 saturated heterocycles. The van der Waals surface area contributed by atoms with Crippen LogP contribution in [0.3, 0.4) is 0 Å². The van der Waals surface area contributed by atoms with E-state index in [-0.39, 0.29) is 11.4 Å². The first-order chi connectivity index (χ1) is 12.7. The van der Waals surface area contributed by atoms with E-state index in [4.69, 9.17) is 9.47 Å². The van der Waals surface area contributed by atoms with Crippen LogP contribution in [0, 0.1) is 10.1 Å². The van der Waals surface area contributed by atoms with Crippen LogP contribution in [0.2, 0.25) is 0 Å². The van der Waals surface area contributed by atoms with Crippen LogP contribution < -0.4 is 14.9 Å². The third-order valence-electron chi connectivity index (χ3n) is 3.26. The topological polar surface area (TPSA) is 98.9 Å². The third kappa shape index (κ3) is 5.44. The van der Waals surface area contributed by atoms with Crippen LogP contribution in [0.4, 0.5) is 11.5 Å². The molecule has 1 N–H and O–H groups in total. The van der Waals surface area contributed by atoms with Gasteiger partial charge in [0.25, 0.3) is 0 Å². The number of nitrogens with zero attached hydrogens (tertiary/aromatic N) is 3. The molecule has 0 amide bonds. The summed E-state index contributed by atoms with van der Waals surface area (Å²) in [5, 5.41) is 15.5. The van der Waals surface area contributed by atoms with E-state index in [1.807, 2.05) is 19.9 Å². The predicted molar refractivity (Wildman–Crippen MR) is 100 cm³/mol. The fraction of sp³-hybridized carbons (Fsp3) is 0.333. The molecule has 0 atom stereocenters. The van der Waals surface area contributed by atoms with E-state index in [0.717, 1.165) is 12.8 Å². The molecule has 1 aromatic heterocycles. The summed E-state index contributed by atoms with van der Waals surface area (Å²) >= 11 is 0. The molecule has 8 nitrogen and oxygen atoms in total. The Bertz CT molecular complexity index is 750. The first-order valence-electron chi connectivity index (χ1n) is 8.43. The molecule has 0 saturated carbocycles. The summed E-state index contributed by atoms with van der Waals surface area (Å²) in [4.78, 5) is 15.0. The molecule has 0 unspecified atom stereocenters. The summed E-state index contributed by atoms with van der Waals surface area (Å²) in [6.07, 6.45) is 4.67. The zero-order chi connectivity index (χ0) is 18.8. The number of rotatable bonds is 10. The lowest BCUT2D eigenvalue weighted by molar-refractivity contribution is -0.385. The van der Waals surface area contributed by atoms with Gasteiger partial charge < -0.3 is 9.47 Å². The van der Waals surface area contributed by atoms with Gasteiger partial charge in [-0.25, -0.2) is 4.98 Å². The number of nitro groups is 1. The number of benzene rings is 1. The van der Waals surface area contributed by atoms with E-state index in [9.17, 15) is 10.1 Å². The van der Waals surface area contributed by atoms with E-state index in [1.165, 1.54) is 12.3 Å². The highest BCUT2D eigenvalue weighted by molar-refractivity contribution is 5.86. The highest BCUT2D eigenvalue weighted by Gasteiger charge is 2.20. The van der Waals surface area contributed by atoms with Crippen LogP contribution in [-0.2, 0) is 0 Å². The third-order valence-corrected chi connectivity index (χ3v) is 3.26. The van der Waals surface area contributed by atoms with Gasteiger partial charge in [-0.1, -0.05) is 19.9 Å². The number of hydrogen-bond acceptors (Lipinski definition) is 7. The molecule has 0 radical (unpaired) electrons. The second-order valence-electron chi connectivity index (χ2n) is 5.40. The summed E-state index contributed by atoms with van der Waals surface area (Å²) in [7, 11) is 0. The zero-order valence-electron chi connectivity index (χ0n) is 14.8. The van der Waals surface area contributed by atoms with Crippen LogP contribution in [0.25, 0.3) is 0 Å². The first kappa shape index (κ1) is 19.2. The van der Waals surface area contributed by atoms with Gasteiger partial charge in [-0.3, -0.25) is 15.5 Å². The van der Waals surface area contributed by atoms with Crippen LogP contribution in [0.5, 0.6) is 11.5 Å². The number of nitrogens with one attached hydrogen (secondary N) is 1. The molecule has 0 spiro atoms. The molecular weight excluding hydrogens is 336 g/mol. The largest absolute Gasteiger partial charge is 0.493 e. The molecule has 0 fully saturated rings. The minimum Gasteiger partial charge on any atom is -0.493 e. The van der Waals surface area contributed by atoms with Crippen molar-refractivity contribution < 1.29 is 14.4 Å². The van der Waals surface area contributed by atoms with Gasteiger partial charge in [0.05, 0.1) is 24.4 Å². The van der Waals surface area contributed by atoms with Crippen molar-refractivity contribution in [3.63, 3.8) is 0 Å². The Kier molecular flexibility index (Phi) is 7.35. The van der Waals surface area contributed by atoms with Crippen molar-refractivity contribution in [2.45, 2.75) is 26.7 Å². The Morgan fingerprint density at radius 2 is 1.92 bits per heavy atom. The van der Waals surface area contributed by atoms with Crippen molar-refractivity contribution in [1.82, 2.24) is 4.98 Å². The zero-order valence-corrected chi connectivity index (χ0v) is 14.8. The summed E-state index contributed by atoms with van der Waals surface area (Å²) in [5.41, 5.74) is 3.14. The van der Waals surface area contributed by atoms with E-state index in [0.29, 0.717) is 30.3 Å². The lowest BCUT2D eigenvalue weighted by atomic mass is 10.1. The van der Waals surface area contributed by atoms with Gasteiger partial charge >= 0.3 is 5.69 Å². The fourth-order valence-electron chi connectivity index (χ4n) is 2.07. The number of aromatic nitrogens is 1. The summed E-state index contributed by atoms with van der Waals surface area (Å²) < 4.78 is 11.2. The summed E-state index contributed by atoms with van der Waals surface area (Å²) in [6, 6.07) is 8.33. The highest BCUT2D eigenvalue weighted by atomic mass is 16.6. The number of hydrogen-bond donors (Lipinski definition) is 1. The Morgan fingerprint density at radius 1 is 1.19 bits per heavy atom. The minimum atomic E-state index is -0.474. The quantitative estimate of drug-likeness (QED) is 0.391. The smallest absolute Gasteiger partial charge is 0.311 e. The molecule has 2 rings (SSSR count). The molecule has 0 aliphatic heterocycles. The fourth-order valence-corrected chi connectivity index (χ4v) is 2.07. The van der Waals surface area contributed by atoms with Crippen molar-refractivity contribution in [1.29, 1.82) is 0 Å². The normalized spacial score (nSPS) is 10.7. The minimum absolute atomic E-state index is 0.124. The number of ether oxygens (including phenoxy) is 2. The maximum absolute atomic E-state index is 11.4. The lowest BCUT2D eigenvalue weighted by Crippen LogP contribution is -2.04. The number of hydrazone groups is 1. The lowest BCUT2D eigenvalue weighted by Gasteiger charge is -2.12. The van der Waals surface area contributed by atoms with Crippen LogP contribution >= 0.6 is 0 Å². The van der Waals surface area contributed by atoms with E-state index in [2.05, 4.69) is 15.5 Å². The number of nitro benzene ring substituents is 1. The van der Waals surface area contributed by atoms with Gasteiger partial charge in [0.15, 0.2) is 0 Å². The second-order valence-corrected chi connectivity index (χ2v) is 5.40. The van der Waals surface area contributed by atoms with Crippen LogP contribution in [0.15, 0.2) is 41.6 Å². The predicted octanol–water partition coefficient (Wildman–Crippen LogP) is 4.01. The van der Waals surface area contributed by atoms with Crippen molar-refractivity contribution in [3.8, 4) is 11.5 Å². The first-order valence-corrected chi connectivity index (χ1v) is 8.43. The van der Waals surface area contributed by atoms with Crippen molar-refractivity contribution in [3.05, 3.63) is 52.2 Å². The van der Waals surface area contributed by atoms with Crippen molar-refractivity contribution in [2.24, 2.45) is 5.10 Å². The second kappa shape index (κ2) is 9.97. The molecule has 2 aromatic rings. The van der Waals surface area contributed by atoms with Crippen molar-refractivity contribution in [2.75, 3.05) is 18.6 Å². The Hall–Kier alpha value is -3.16. The maximum atomic E-state index is 11.4. The molecule has 8 heteroatoms. The Morgan fingerprint density at radius 3 is 2.54 bits per heavy atom. The van der Waals surface area contributed by atoms with Crippen LogP contribution in [-0.4, -0.2) is 29.3 Å². The molecule has 0 aliphatic carbocycles. The Labute approximate surface area is 152 Å². The molecular formula is C18H22N4O4. The molecule has 0 aliphatic rings. The SMILES string of the molecule is CCCOc1cc(OCCC)c([N+](=O)[O-])cc1C=NNc1ccccn1. The molecule has 1 heterocycles. The average Bonchev–Trinajstić information content (AvgIpc) is 2.66. The Balaban J connectivity index is 2.31. The van der Waals surface area contributed by atoms with Gasteiger partial charge in [0.1, 0.15) is 11.6 Å². The van der Waals surface area contributed by atoms with E-state index in [1.54, 1.807) is 24.4 Å². The van der Waals surface area contributed by atoms with Gasteiger partial charge in [-0.2, -0.15) is 5.10 Å². The van der Waals surface area contributed by atoms with Gasteiger partial charge in [-0.05, 0) is 25.0 Å². The number of anilines is 1. The maximum Gasteiger partial charge on any atom is 0.311 e. The summed E-state index contributed by atoms with van der Waals surface area (Å²) in [6.45, 7) is 4.79. The molecule has 138 valence electrons. The molecule has 1 aromatic carbocycles. The van der Waals surface area contributed by atoms with Crippen LogP contribution in [0.1, 0.15) is 32.3 Å².